The summed E-state index contributed by atoms with van der Waals surface area (Å²) in [5.74, 6) is 1.42. The molecular weight excluding hydrogens is 394 g/mol. The molecule has 0 spiro atoms. The van der Waals surface area contributed by atoms with Gasteiger partial charge >= 0.3 is 0 Å². The highest BCUT2D eigenvalue weighted by atomic mass is 79.9. The van der Waals surface area contributed by atoms with E-state index in [4.69, 9.17) is 4.74 Å². The van der Waals surface area contributed by atoms with E-state index in [1.165, 1.54) is 5.56 Å². The average molecular weight is 420 g/mol. The van der Waals surface area contributed by atoms with Crippen molar-refractivity contribution >= 4 is 21.9 Å². The summed E-state index contributed by atoms with van der Waals surface area (Å²) in [5.41, 5.74) is 1.99. The van der Waals surface area contributed by atoms with Crippen LogP contribution in [0.3, 0.4) is 0 Å². The summed E-state index contributed by atoms with van der Waals surface area (Å²) in [7, 11) is 1.55. The van der Waals surface area contributed by atoms with Gasteiger partial charge in [-0.25, -0.2) is 0 Å². The van der Waals surface area contributed by atoms with Gasteiger partial charge in [-0.05, 0) is 43.5 Å². The van der Waals surface area contributed by atoms with Gasteiger partial charge in [0, 0.05) is 17.6 Å². The topological polar surface area (TPSA) is 65.9 Å². The minimum atomic E-state index is 0.105. The van der Waals surface area contributed by atoms with Crippen LogP contribution < -0.4 is 15.4 Å². The second-order valence-electron chi connectivity index (χ2n) is 5.87. The Morgan fingerprint density at radius 2 is 2.00 bits per heavy atom. The lowest BCUT2D eigenvalue weighted by atomic mass is 10.1. The van der Waals surface area contributed by atoms with Gasteiger partial charge in [0.05, 0.1) is 13.2 Å². The Kier molecular flexibility index (Phi) is 7.78. The third kappa shape index (κ3) is 5.39. The van der Waals surface area contributed by atoms with Gasteiger partial charge in [0.15, 0.2) is 17.5 Å². The molecule has 0 aromatic heterocycles. The first-order valence-electron chi connectivity index (χ1n) is 8.71. The summed E-state index contributed by atoms with van der Waals surface area (Å²) in [4.78, 5) is 4.63. The van der Waals surface area contributed by atoms with Crippen molar-refractivity contribution in [2.45, 2.75) is 26.3 Å². The molecule has 3 N–H and O–H groups in total. The van der Waals surface area contributed by atoms with Crippen molar-refractivity contribution in [3.63, 3.8) is 0 Å². The van der Waals surface area contributed by atoms with Gasteiger partial charge in [-0.2, -0.15) is 0 Å². The van der Waals surface area contributed by atoms with Crippen LogP contribution in [-0.4, -0.2) is 31.3 Å². The monoisotopic (exact) mass is 419 g/mol. The van der Waals surface area contributed by atoms with Gasteiger partial charge in [0.25, 0.3) is 0 Å². The van der Waals surface area contributed by atoms with E-state index >= 15 is 0 Å². The lowest BCUT2D eigenvalue weighted by Crippen LogP contribution is -2.39. The number of phenols is 1. The average Bonchev–Trinajstić information content (AvgIpc) is 2.63. The van der Waals surface area contributed by atoms with Gasteiger partial charge in [0.2, 0.25) is 0 Å². The van der Waals surface area contributed by atoms with Crippen molar-refractivity contribution in [3.05, 3.63) is 58.1 Å². The second-order valence-corrected chi connectivity index (χ2v) is 6.72. The number of benzene rings is 2. The molecule has 0 radical (unpaired) electrons. The fraction of sp³-hybridized carbons (Fsp3) is 0.350. The number of guanidine groups is 1. The van der Waals surface area contributed by atoms with Gasteiger partial charge < -0.3 is 20.5 Å². The molecule has 2 aromatic rings. The summed E-state index contributed by atoms with van der Waals surface area (Å²) in [5, 5.41) is 16.9. The molecule has 2 aromatic carbocycles. The lowest BCUT2D eigenvalue weighted by molar-refractivity contribution is 0.370. The third-order valence-electron chi connectivity index (χ3n) is 4.02. The minimum absolute atomic E-state index is 0.105. The highest BCUT2D eigenvalue weighted by Gasteiger charge is 2.11. The standard InChI is InChI=1S/C20H26BrN3O2/c1-4-22-20(24-14(2)16-9-5-6-10-17(16)21)23-13-12-15-8-7-11-18(26-3)19(15)25/h5-11,14,25H,4,12-13H2,1-3H3,(H2,22,23,24). The zero-order valence-electron chi connectivity index (χ0n) is 15.4. The molecule has 0 heterocycles. The first kappa shape index (κ1) is 20.1. The van der Waals surface area contributed by atoms with Gasteiger partial charge in [-0.3, -0.25) is 4.99 Å². The van der Waals surface area contributed by atoms with Crippen LogP contribution in [0.5, 0.6) is 11.5 Å². The third-order valence-corrected chi connectivity index (χ3v) is 4.74. The molecule has 0 saturated carbocycles. The normalized spacial score (nSPS) is 12.5. The van der Waals surface area contributed by atoms with E-state index in [1.807, 2.05) is 37.3 Å². The maximum absolute atomic E-state index is 10.2. The van der Waals surface area contributed by atoms with Crippen molar-refractivity contribution in [2.75, 3.05) is 20.2 Å². The SMILES string of the molecule is CCNC(=NCCc1cccc(OC)c1O)NC(C)c1ccccc1Br. The zero-order chi connectivity index (χ0) is 18.9. The number of hydrogen-bond acceptors (Lipinski definition) is 3. The first-order valence-corrected chi connectivity index (χ1v) is 9.50. The molecule has 2 rings (SSSR count). The fourth-order valence-electron chi connectivity index (χ4n) is 2.65. The number of para-hydroxylation sites is 1. The van der Waals surface area contributed by atoms with Gasteiger partial charge in [-0.15, -0.1) is 0 Å². The maximum atomic E-state index is 10.2. The van der Waals surface area contributed by atoms with Crippen molar-refractivity contribution in [3.8, 4) is 11.5 Å². The molecule has 0 aliphatic carbocycles. The maximum Gasteiger partial charge on any atom is 0.191 e. The highest BCUT2D eigenvalue weighted by molar-refractivity contribution is 9.10. The molecule has 0 aliphatic rings. The molecule has 1 atom stereocenters. The van der Waals surface area contributed by atoms with E-state index in [0.717, 1.165) is 22.5 Å². The molecule has 0 fully saturated rings. The molecule has 1 unspecified atom stereocenters. The predicted octanol–water partition coefficient (Wildman–Crippen LogP) is 4.02. The summed E-state index contributed by atoms with van der Waals surface area (Å²) < 4.78 is 6.22. The van der Waals surface area contributed by atoms with Crippen LogP contribution in [0.15, 0.2) is 51.9 Å². The fourth-order valence-corrected chi connectivity index (χ4v) is 3.28. The van der Waals surface area contributed by atoms with Crippen molar-refractivity contribution in [1.29, 1.82) is 0 Å². The number of nitrogens with zero attached hydrogens (tertiary/aromatic N) is 1. The van der Waals surface area contributed by atoms with Crippen LogP contribution >= 0.6 is 15.9 Å². The number of halogens is 1. The summed E-state index contributed by atoms with van der Waals surface area (Å²) in [6.07, 6.45) is 0.628. The number of ether oxygens (including phenoxy) is 1. The van der Waals surface area contributed by atoms with Crippen LogP contribution in [-0.2, 0) is 6.42 Å². The van der Waals surface area contributed by atoms with E-state index in [-0.39, 0.29) is 11.8 Å². The van der Waals surface area contributed by atoms with E-state index in [9.17, 15) is 5.11 Å². The van der Waals surface area contributed by atoms with Gasteiger partial charge in [0.1, 0.15) is 0 Å². The van der Waals surface area contributed by atoms with E-state index < -0.39 is 0 Å². The lowest BCUT2D eigenvalue weighted by Gasteiger charge is -2.19. The summed E-state index contributed by atoms with van der Waals surface area (Å²) >= 11 is 3.59. The minimum Gasteiger partial charge on any atom is -0.504 e. The Labute approximate surface area is 163 Å². The van der Waals surface area contributed by atoms with Crippen LogP contribution in [0.2, 0.25) is 0 Å². The molecule has 0 bridgehead atoms. The van der Waals surface area contributed by atoms with Crippen molar-refractivity contribution in [1.82, 2.24) is 10.6 Å². The van der Waals surface area contributed by atoms with E-state index in [0.29, 0.717) is 18.7 Å². The van der Waals surface area contributed by atoms with Crippen LogP contribution in [0, 0.1) is 0 Å². The van der Waals surface area contributed by atoms with Crippen LogP contribution in [0.4, 0.5) is 0 Å². The molecule has 0 amide bonds. The Hall–Kier alpha value is -2.21. The highest BCUT2D eigenvalue weighted by Crippen LogP contribution is 2.29. The Bertz CT molecular complexity index is 750. The second kappa shape index (κ2) is 10.1. The summed E-state index contributed by atoms with van der Waals surface area (Å²) in [6.45, 7) is 5.46. The molecule has 0 saturated heterocycles. The van der Waals surface area contributed by atoms with Crippen LogP contribution in [0.25, 0.3) is 0 Å². The number of aromatic hydroxyl groups is 1. The first-order chi connectivity index (χ1) is 12.6. The molecule has 140 valence electrons. The Morgan fingerprint density at radius 1 is 1.23 bits per heavy atom. The molecular formula is C20H26BrN3O2. The van der Waals surface area contributed by atoms with E-state index in [2.05, 4.69) is 44.5 Å². The van der Waals surface area contributed by atoms with Crippen LogP contribution in [0.1, 0.15) is 31.0 Å². The largest absolute Gasteiger partial charge is 0.504 e. The Balaban J connectivity index is 2.04. The number of nitrogens with one attached hydrogen (secondary N) is 2. The van der Waals surface area contributed by atoms with Gasteiger partial charge in [-0.1, -0.05) is 46.3 Å². The number of methoxy groups -OCH3 is 1. The summed E-state index contributed by atoms with van der Waals surface area (Å²) in [6, 6.07) is 13.7. The number of hydrogen-bond donors (Lipinski definition) is 3. The quantitative estimate of drug-likeness (QED) is 0.468. The number of phenolic OH excluding ortho intramolecular Hbond substituents is 1. The number of aliphatic imine (C=N–C) groups is 1. The molecule has 6 heteroatoms. The molecule has 5 nitrogen and oxygen atoms in total. The molecule has 0 aliphatic heterocycles. The zero-order valence-corrected chi connectivity index (χ0v) is 17.0. The van der Waals surface area contributed by atoms with Crippen molar-refractivity contribution < 1.29 is 9.84 Å². The van der Waals surface area contributed by atoms with E-state index in [1.54, 1.807) is 13.2 Å². The number of rotatable bonds is 7. The predicted molar refractivity (Wildman–Crippen MR) is 110 cm³/mol. The Morgan fingerprint density at radius 3 is 2.69 bits per heavy atom. The smallest absolute Gasteiger partial charge is 0.191 e. The van der Waals surface area contributed by atoms with Crippen molar-refractivity contribution in [2.24, 2.45) is 4.99 Å². The molecule has 26 heavy (non-hydrogen) atoms.